The van der Waals surface area contributed by atoms with E-state index in [0.29, 0.717) is 18.7 Å². The van der Waals surface area contributed by atoms with Crippen LogP contribution in [-0.4, -0.2) is 38.9 Å². The third-order valence-electron chi connectivity index (χ3n) is 3.51. The molecule has 0 bridgehead atoms. The minimum atomic E-state index is -0.286. The Hall–Kier alpha value is -1.75. The van der Waals surface area contributed by atoms with Crippen LogP contribution in [0.3, 0.4) is 0 Å². The molecule has 0 saturated carbocycles. The fourth-order valence-corrected chi connectivity index (χ4v) is 2.32. The molecule has 20 heavy (non-hydrogen) atoms. The maximum atomic E-state index is 11.5. The molecule has 1 aromatic carbocycles. The van der Waals surface area contributed by atoms with Gasteiger partial charge in [-0.05, 0) is 24.1 Å². The van der Waals surface area contributed by atoms with Crippen molar-refractivity contribution in [2.75, 3.05) is 20.8 Å². The summed E-state index contributed by atoms with van der Waals surface area (Å²) in [7, 11) is 3.02. The van der Waals surface area contributed by atoms with E-state index >= 15 is 0 Å². The molecule has 1 heterocycles. The second-order valence-corrected chi connectivity index (χ2v) is 4.80. The number of carbonyl (C=O) groups excluding carboxylic acids is 1. The third-order valence-corrected chi connectivity index (χ3v) is 3.51. The van der Waals surface area contributed by atoms with E-state index in [1.54, 1.807) is 7.11 Å². The van der Waals surface area contributed by atoms with Gasteiger partial charge in [0.2, 0.25) is 0 Å². The summed E-state index contributed by atoms with van der Waals surface area (Å²) in [6.45, 7) is 2.72. The fraction of sp³-hybridized carbons (Fsp3) is 0.533. The average Bonchev–Trinajstić information content (AvgIpc) is 2.95. The number of nitrogens with one attached hydrogen (secondary N) is 1. The van der Waals surface area contributed by atoms with Gasteiger partial charge in [0, 0.05) is 13.0 Å². The second-order valence-electron chi connectivity index (χ2n) is 4.80. The Morgan fingerprint density at radius 3 is 2.80 bits per heavy atom. The van der Waals surface area contributed by atoms with Gasteiger partial charge in [0.15, 0.2) is 11.5 Å². The summed E-state index contributed by atoms with van der Waals surface area (Å²) in [6, 6.07) is 5.64. The molecule has 1 aromatic rings. The minimum Gasteiger partial charge on any atom is -0.493 e. The predicted molar refractivity (Wildman–Crippen MR) is 75.2 cm³/mol. The van der Waals surface area contributed by atoms with Gasteiger partial charge in [0.05, 0.1) is 14.2 Å². The second kappa shape index (κ2) is 6.61. The lowest BCUT2D eigenvalue weighted by molar-refractivity contribution is -0.142. The van der Waals surface area contributed by atoms with Crippen molar-refractivity contribution in [2.45, 2.75) is 31.9 Å². The molecular weight excluding hydrogens is 258 g/mol. The van der Waals surface area contributed by atoms with E-state index in [0.717, 1.165) is 12.2 Å². The Labute approximate surface area is 119 Å². The zero-order valence-corrected chi connectivity index (χ0v) is 12.1. The lowest BCUT2D eigenvalue weighted by Crippen LogP contribution is -2.31. The van der Waals surface area contributed by atoms with Crippen LogP contribution in [0.2, 0.25) is 0 Å². The van der Waals surface area contributed by atoms with Crippen LogP contribution in [0.15, 0.2) is 18.2 Å². The summed E-state index contributed by atoms with van der Waals surface area (Å²) in [4.78, 5) is 11.5. The van der Waals surface area contributed by atoms with E-state index < -0.39 is 0 Å². The smallest absolute Gasteiger partial charge is 0.323 e. The Bertz CT molecular complexity index is 475. The summed E-state index contributed by atoms with van der Waals surface area (Å²) in [5.41, 5.74) is 1.20. The van der Waals surface area contributed by atoms with E-state index in [2.05, 4.69) is 12.2 Å². The van der Waals surface area contributed by atoms with Crippen molar-refractivity contribution in [2.24, 2.45) is 0 Å². The first-order chi connectivity index (χ1) is 9.67. The standard InChI is InChI=1S/C15H21NO4/c1-4-10-5-6-13(14(7-10)18-2)20-11-8-12(16-9-11)15(17)19-3/h5-7,11-12,16H,4,8-9H2,1-3H3/t11-,12-/m0/s1. The van der Waals surface area contributed by atoms with Crippen molar-refractivity contribution >= 4 is 5.97 Å². The third kappa shape index (κ3) is 3.22. The maximum absolute atomic E-state index is 11.5. The number of carbonyl (C=O) groups is 1. The number of benzene rings is 1. The van der Waals surface area contributed by atoms with Crippen molar-refractivity contribution < 1.29 is 19.0 Å². The van der Waals surface area contributed by atoms with E-state index in [-0.39, 0.29) is 18.1 Å². The molecule has 0 spiro atoms. The van der Waals surface area contributed by atoms with Gasteiger partial charge in [0.1, 0.15) is 12.1 Å². The SMILES string of the molecule is CCc1ccc(O[C@@H]2CN[C@H](C(=O)OC)C2)c(OC)c1. The summed E-state index contributed by atoms with van der Waals surface area (Å²) in [6.07, 6.45) is 1.50. The van der Waals surface area contributed by atoms with Gasteiger partial charge in [-0.3, -0.25) is 4.79 Å². The lowest BCUT2D eigenvalue weighted by atomic mass is 10.1. The molecule has 0 amide bonds. The number of hydrogen-bond donors (Lipinski definition) is 1. The molecule has 1 fully saturated rings. The first kappa shape index (κ1) is 14.7. The summed E-state index contributed by atoms with van der Waals surface area (Å²) < 4.78 is 16.0. The molecule has 1 saturated heterocycles. The highest BCUT2D eigenvalue weighted by molar-refractivity contribution is 5.76. The van der Waals surface area contributed by atoms with Crippen LogP contribution >= 0.6 is 0 Å². The fourth-order valence-electron chi connectivity index (χ4n) is 2.32. The first-order valence-electron chi connectivity index (χ1n) is 6.82. The van der Waals surface area contributed by atoms with Crippen LogP contribution in [0.4, 0.5) is 0 Å². The van der Waals surface area contributed by atoms with Crippen LogP contribution in [0, 0.1) is 0 Å². The molecule has 0 radical (unpaired) electrons. The number of esters is 1. The summed E-state index contributed by atoms with van der Waals surface area (Å²) in [5, 5.41) is 3.10. The van der Waals surface area contributed by atoms with Gasteiger partial charge in [0.25, 0.3) is 0 Å². The van der Waals surface area contributed by atoms with Crippen molar-refractivity contribution in [3.8, 4) is 11.5 Å². The highest BCUT2D eigenvalue weighted by Gasteiger charge is 2.31. The number of ether oxygens (including phenoxy) is 3. The number of aryl methyl sites for hydroxylation is 1. The van der Waals surface area contributed by atoms with Gasteiger partial charge in [-0.2, -0.15) is 0 Å². The van der Waals surface area contributed by atoms with Crippen molar-refractivity contribution in [1.82, 2.24) is 5.32 Å². The highest BCUT2D eigenvalue weighted by Crippen LogP contribution is 2.30. The van der Waals surface area contributed by atoms with Crippen LogP contribution in [0.25, 0.3) is 0 Å². The molecular formula is C15H21NO4. The molecule has 0 aromatic heterocycles. The van der Waals surface area contributed by atoms with E-state index in [4.69, 9.17) is 14.2 Å². The topological polar surface area (TPSA) is 56.8 Å². The molecule has 0 aliphatic carbocycles. The van der Waals surface area contributed by atoms with Gasteiger partial charge in [-0.1, -0.05) is 13.0 Å². The largest absolute Gasteiger partial charge is 0.493 e. The van der Waals surface area contributed by atoms with Crippen LogP contribution in [0.1, 0.15) is 18.9 Å². The Morgan fingerprint density at radius 2 is 2.15 bits per heavy atom. The van der Waals surface area contributed by atoms with Crippen molar-refractivity contribution in [1.29, 1.82) is 0 Å². The van der Waals surface area contributed by atoms with Crippen molar-refractivity contribution in [3.05, 3.63) is 23.8 Å². The molecule has 1 aliphatic rings. The van der Waals surface area contributed by atoms with Gasteiger partial charge in [-0.25, -0.2) is 0 Å². The van der Waals surface area contributed by atoms with Gasteiger partial charge in [-0.15, -0.1) is 0 Å². The van der Waals surface area contributed by atoms with Crippen LogP contribution in [-0.2, 0) is 16.0 Å². The molecule has 0 unspecified atom stereocenters. The number of hydrogen-bond acceptors (Lipinski definition) is 5. The highest BCUT2D eigenvalue weighted by atomic mass is 16.5. The monoisotopic (exact) mass is 279 g/mol. The van der Waals surface area contributed by atoms with Gasteiger partial charge < -0.3 is 19.5 Å². The Balaban J connectivity index is 2.02. The quantitative estimate of drug-likeness (QED) is 0.829. The predicted octanol–water partition coefficient (Wildman–Crippen LogP) is 1.54. The van der Waals surface area contributed by atoms with E-state index in [1.165, 1.54) is 12.7 Å². The lowest BCUT2D eigenvalue weighted by Gasteiger charge is -2.16. The molecule has 1 N–H and O–H groups in total. The number of rotatable bonds is 5. The molecule has 5 heteroatoms. The minimum absolute atomic E-state index is 0.0551. The summed E-state index contributed by atoms with van der Waals surface area (Å²) >= 11 is 0. The Morgan fingerprint density at radius 1 is 1.35 bits per heavy atom. The van der Waals surface area contributed by atoms with Crippen LogP contribution < -0.4 is 14.8 Å². The Kier molecular flexibility index (Phi) is 4.84. The van der Waals surface area contributed by atoms with Gasteiger partial charge >= 0.3 is 5.97 Å². The molecule has 110 valence electrons. The average molecular weight is 279 g/mol. The zero-order valence-electron chi connectivity index (χ0n) is 12.1. The zero-order chi connectivity index (χ0) is 14.5. The molecule has 2 rings (SSSR count). The molecule has 1 aliphatic heterocycles. The maximum Gasteiger partial charge on any atom is 0.323 e. The van der Waals surface area contributed by atoms with Crippen LogP contribution in [0.5, 0.6) is 11.5 Å². The first-order valence-corrected chi connectivity index (χ1v) is 6.82. The van der Waals surface area contributed by atoms with E-state index in [9.17, 15) is 4.79 Å². The van der Waals surface area contributed by atoms with Crippen molar-refractivity contribution in [3.63, 3.8) is 0 Å². The number of methoxy groups -OCH3 is 2. The molecule has 5 nitrogen and oxygen atoms in total. The summed E-state index contributed by atoms with van der Waals surface area (Å²) in [5.74, 6) is 1.19. The van der Waals surface area contributed by atoms with E-state index in [1.807, 2.05) is 18.2 Å². The molecule has 2 atom stereocenters. The normalized spacial score (nSPS) is 21.6.